The van der Waals surface area contributed by atoms with Crippen molar-refractivity contribution in [1.29, 1.82) is 0 Å². The number of fused-ring (bicyclic) bond motifs is 5. The van der Waals surface area contributed by atoms with Crippen LogP contribution >= 0.6 is 27.7 Å². The van der Waals surface area contributed by atoms with Crippen molar-refractivity contribution in [3.8, 4) is 11.3 Å². The summed E-state index contributed by atoms with van der Waals surface area (Å²) in [5.41, 5.74) is 1.03. The van der Waals surface area contributed by atoms with Crippen LogP contribution in [0.25, 0.3) is 27.8 Å². The van der Waals surface area contributed by atoms with Gasteiger partial charge in [0.05, 0.1) is 11.3 Å². The Kier molecular flexibility index (Phi) is 6.48. The molecule has 2 aliphatic rings. The molecule has 0 spiro atoms. The zero-order valence-electron chi connectivity index (χ0n) is 20.2. The molecule has 0 aliphatic heterocycles. The van der Waals surface area contributed by atoms with Crippen molar-refractivity contribution in [2.45, 2.75) is 43.8 Å². The summed E-state index contributed by atoms with van der Waals surface area (Å²) in [6, 6.07) is 11.3. The number of hydrogen-bond acceptors (Lipinski definition) is 6. The summed E-state index contributed by atoms with van der Waals surface area (Å²) >= 11 is 4.74. The van der Waals surface area contributed by atoms with Gasteiger partial charge in [-0.15, -0.1) is 0 Å². The molecule has 2 aromatic carbocycles. The second-order valence-corrected chi connectivity index (χ2v) is 11.7. The normalized spacial score (nSPS) is 22.7. The van der Waals surface area contributed by atoms with Gasteiger partial charge in [0.25, 0.3) is 5.56 Å². The first kappa shape index (κ1) is 24.5. The number of hydrogen-bond donors (Lipinski definition) is 1. The molecule has 37 heavy (non-hydrogen) atoms. The monoisotopic (exact) mass is 581 g/mol. The van der Waals surface area contributed by atoms with Crippen molar-refractivity contribution in [1.82, 2.24) is 24.9 Å². The predicted octanol–water partition coefficient (Wildman–Crippen LogP) is 5.24. The number of thioether (sulfide) groups is 1. The Balaban J connectivity index is 1.35. The number of amides is 1. The van der Waals surface area contributed by atoms with Gasteiger partial charge in [-0.1, -0.05) is 41.0 Å². The van der Waals surface area contributed by atoms with Gasteiger partial charge in [-0.3, -0.25) is 9.59 Å². The maximum atomic E-state index is 13.5. The van der Waals surface area contributed by atoms with Gasteiger partial charge < -0.3 is 5.32 Å². The minimum Gasteiger partial charge on any atom is -0.352 e. The maximum absolute atomic E-state index is 13.5. The van der Waals surface area contributed by atoms with Gasteiger partial charge in [-0.2, -0.15) is 14.6 Å². The largest absolute Gasteiger partial charge is 0.352 e. The first-order valence-corrected chi connectivity index (χ1v) is 14.3. The van der Waals surface area contributed by atoms with Crippen LogP contribution in [-0.4, -0.2) is 37.3 Å². The van der Waals surface area contributed by atoms with E-state index in [0.717, 1.165) is 16.8 Å². The molecule has 2 fully saturated rings. The molecular formula is C27H25BrFN5O2S. The van der Waals surface area contributed by atoms with Gasteiger partial charge in [0.2, 0.25) is 5.91 Å². The van der Waals surface area contributed by atoms with E-state index < -0.39 is 11.4 Å². The van der Waals surface area contributed by atoms with Crippen molar-refractivity contribution < 1.29 is 9.18 Å². The highest BCUT2D eigenvalue weighted by atomic mass is 79.9. The van der Waals surface area contributed by atoms with Crippen molar-refractivity contribution >= 4 is 50.1 Å². The SMILES string of the molecule is CC[C@@H]1[C@H]2CC[C@@H](C2)[C@@H]1NC(=O)CSc1nc2cc(Br)ccc2c2nc(=O)c(-c3ccc(F)cc3)nn12. The number of halogens is 2. The predicted molar refractivity (Wildman–Crippen MR) is 145 cm³/mol. The molecule has 190 valence electrons. The fourth-order valence-corrected chi connectivity index (χ4v) is 7.20. The molecule has 2 aromatic heterocycles. The van der Waals surface area contributed by atoms with E-state index in [0.29, 0.717) is 39.1 Å². The average molecular weight is 582 g/mol. The molecule has 0 radical (unpaired) electrons. The molecule has 0 unspecified atom stereocenters. The lowest BCUT2D eigenvalue weighted by atomic mass is 9.83. The van der Waals surface area contributed by atoms with Crippen LogP contribution in [0.15, 0.2) is 56.9 Å². The molecule has 0 saturated heterocycles. The standard InChI is InChI=1S/C27H25BrFN5O2S/c1-2-19-15-3-4-16(11-15)23(19)31-22(35)13-37-27-30-21-12-17(28)7-10-20(21)25-32-26(36)24(33-34(25)27)14-5-8-18(29)9-6-14/h5-10,12,15-16,19,23H,2-4,11,13H2,1H3,(H,31,35)/t15-,16-,19+,23-/m0/s1. The van der Waals surface area contributed by atoms with Crippen molar-refractivity contribution in [3.05, 3.63) is 63.1 Å². The number of nitrogens with zero attached hydrogens (tertiary/aromatic N) is 4. The van der Waals surface area contributed by atoms with Crippen LogP contribution in [0.2, 0.25) is 0 Å². The summed E-state index contributed by atoms with van der Waals surface area (Å²) in [7, 11) is 0. The summed E-state index contributed by atoms with van der Waals surface area (Å²) < 4.78 is 15.8. The van der Waals surface area contributed by atoms with Gasteiger partial charge in [0, 0.05) is 21.5 Å². The van der Waals surface area contributed by atoms with Gasteiger partial charge in [0.1, 0.15) is 5.82 Å². The third-order valence-electron chi connectivity index (χ3n) is 7.75. The minimum absolute atomic E-state index is 0.0296. The molecule has 1 N–H and O–H groups in total. The molecule has 6 rings (SSSR count). The second-order valence-electron chi connectivity index (χ2n) is 9.85. The van der Waals surface area contributed by atoms with Crippen LogP contribution in [0.3, 0.4) is 0 Å². The highest BCUT2D eigenvalue weighted by Gasteiger charge is 2.46. The first-order valence-electron chi connectivity index (χ1n) is 12.5. The van der Waals surface area contributed by atoms with Gasteiger partial charge in [0.15, 0.2) is 16.5 Å². The number of aromatic nitrogens is 4. The lowest BCUT2D eigenvalue weighted by Gasteiger charge is -2.31. The smallest absolute Gasteiger partial charge is 0.300 e. The maximum Gasteiger partial charge on any atom is 0.300 e. The summed E-state index contributed by atoms with van der Waals surface area (Å²) in [6.45, 7) is 2.21. The molecule has 10 heteroatoms. The van der Waals surface area contributed by atoms with Gasteiger partial charge in [-0.25, -0.2) is 9.37 Å². The molecule has 2 aliphatic carbocycles. The molecule has 2 bridgehead atoms. The summed E-state index contributed by atoms with van der Waals surface area (Å²) in [5, 5.41) is 9.00. The molecular weight excluding hydrogens is 557 g/mol. The number of rotatable bonds is 6. The minimum atomic E-state index is -0.516. The molecule has 4 aromatic rings. The van der Waals surface area contributed by atoms with E-state index in [-0.39, 0.29) is 23.4 Å². The Bertz CT molecular complexity index is 1580. The molecule has 1 amide bonds. The number of nitrogens with one attached hydrogen (secondary N) is 1. The third kappa shape index (κ3) is 4.54. The Morgan fingerprint density at radius 2 is 1.95 bits per heavy atom. The molecule has 2 heterocycles. The van der Waals surface area contributed by atoms with E-state index >= 15 is 0 Å². The Hall–Kier alpha value is -2.85. The zero-order valence-corrected chi connectivity index (χ0v) is 22.6. The summed E-state index contributed by atoms with van der Waals surface area (Å²) in [4.78, 5) is 35.1. The first-order chi connectivity index (χ1) is 17.9. The van der Waals surface area contributed by atoms with Crippen LogP contribution in [0, 0.1) is 23.6 Å². The van der Waals surface area contributed by atoms with E-state index in [1.807, 2.05) is 18.2 Å². The van der Waals surface area contributed by atoms with E-state index in [2.05, 4.69) is 38.3 Å². The van der Waals surface area contributed by atoms with Crippen LogP contribution in [0.4, 0.5) is 4.39 Å². The molecule has 2 saturated carbocycles. The topological polar surface area (TPSA) is 89.2 Å². The van der Waals surface area contributed by atoms with E-state index in [1.54, 1.807) is 0 Å². The van der Waals surface area contributed by atoms with Crippen molar-refractivity contribution in [2.75, 3.05) is 5.75 Å². The highest BCUT2D eigenvalue weighted by Crippen LogP contribution is 2.49. The fourth-order valence-electron chi connectivity index (χ4n) is 6.09. The summed E-state index contributed by atoms with van der Waals surface area (Å²) in [6.07, 6.45) is 4.78. The number of benzene rings is 2. The van der Waals surface area contributed by atoms with Crippen LogP contribution in [0.1, 0.15) is 32.6 Å². The fraction of sp³-hybridized carbons (Fsp3) is 0.370. The van der Waals surface area contributed by atoms with Crippen LogP contribution in [0.5, 0.6) is 0 Å². The molecule has 4 atom stereocenters. The van der Waals surface area contributed by atoms with Gasteiger partial charge >= 0.3 is 0 Å². The second kappa shape index (κ2) is 9.79. The lowest BCUT2D eigenvalue weighted by molar-refractivity contribution is -0.120. The Morgan fingerprint density at radius 1 is 1.16 bits per heavy atom. The quantitative estimate of drug-likeness (QED) is 0.190. The third-order valence-corrected chi connectivity index (χ3v) is 9.17. The van der Waals surface area contributed by atoms with Crippen LogP contribution < -0.4 is 10.9 Å². The highest BCUT2D eigenvalue weighted by molar-refractivity contribution is 9.10. The summed E-state index contributed by atoms with van der Waals surface area (Å²) in [5.74, 6) is 1.60. The van der Waals surface area contributed by atoms with E-state index in [9.17, 15) is 14.0 Å². The lowest BCUT2D eigenvalue weighted by Crippen LogP contribution is -2.44. The van der Waals surface area contributed by atoms with Crippen LogP contribution in [-0.2, 0) is 4.79 Å². The number of carbonyl (C=O) groups excluding carboxylic acids is 1. The van der Waals surface area contributed by atoms with Crippen molar-refractivity contribution in [3.63, 3.8) is 0 Å². The van der Waals surface area contributed by atoms with E-state index in [1.165, 1.54) is 59.8 Å². The average Bonchev–Trinajstić information content (AvgIpc) is 3.49. The van der Waals surface area contributed by atoms with Gasteiger partial charge in [-0.05, 0) is 79.5 Å². The van der Waals surface area contributed by atoms with Crippen molar-refractivity contribution in [2.24, 2.45) is 17.8 Å². The Morgan fingerprint density at radius 3 is 2.73 bits per heavy atom. The number of carbonyl (C=O) groups is 1. The Labute approximate surface area is 225 Å². The zero-order chi connectivity index (χ0) is 25.7. The van der Waals surface area contributed by atoms with E-state index in [4.69, 9.17) is 4.98 Å². The molecule has 7 nitrogen and oxygen atoms in total.